The first-order valence-electron chi connectivity index (χ1n) is 7.91. The van der Waals surface area contributed by atoms with E-state index >= 15 is 0 Å². The summed E-state index contributed by atoms with van der Waals surface area (Å²) in [6, 6.07) is 1.86. The van der Waals surface area contributed by atoms with Crippen molar-refractivity contribution in [3.8, 4) is 0 Å². The van der Waals surface area contributed by atoms with Gasteiger partial charge in [-0.15, -0.1) is 0 Å². The molecule has 1 atom stereocenters. The molecule has 5 nitrogen and oxygen atoms in total. The summed E-state index contributed by atoms with van der Waals surface area (Å²) >= 11 is 0. The number of hydrogen-bond acceptors (Lipinski definition) is 4. The van der Waals surface area contributed by atoms with Crippen LogP contribution >= 0.6 is 0 Å². The number of anilines is 1. The Bertz CT molecular complexity index is 551. The zero-order valence-corrected chi connectivity index (χ0v) is 12.6. The molecular formula is C16H23N5. The van der Waals surface area contributed by atoms with Crippen molar-refractivity contribution in [3.05, 3.63) is 36.7 Å². The Kier molecular flexibility index (Phi) is 4.48. The lowest BCUT2D eigenvalue weighted by molar-refractivity contribution is 0.461. The van der Waals surface area contributed by atoms with Gasteiger partial charge in [-0.3, -0.25) is 0 Å². The molecule has 0 radical (unpaired) electrons. The highest BCUT2D eigenvalue weighted by Gasteiger charge is 2.25. The van der Waals surface area contributed by atoms with Crippen molar-refractivity contribution < 1.29 is 0 Å². The minimum absolute atomic E-state index is 0.481. The molecule has 0 N–H and O–H groups in total. The van der Waals surface area contributed by atoms with Crippen LogP contribution in [0.25, 0.3) is 0 Å². The van der Waals surface area contributed by atoms with Crippen LogP contribution in [0.2, 0.25) is 0 Å². The summed E-state index contributed by atoms with van der Waals surface area (Å²) in [4.78, 5) is 15.7. The molecule has 3 rings (SSSR count). The smallest absolute Gasteiger partial charge is 0.225 e. The molecule has 2 aromatic heterocycles. The van der Waals surface area contributed by atoms with E-state index in [4.69, 9.17) is 0 Å². The summed E-state index contributed by atoms with van der Waals surface area (Å²) in [5.74, 6) is 2.55. The summed E-state index contributed by atoms with van der Waals surface area (Å²) < 4.78 is 2.32. The van der Waals surface area contributed by atoms with Gasteiger partial charge in [-0.2, -0.15) is 0 Å². The fraction of sp³-hybridized carbons (Fsp3) is 0.562. The molecule has 0 bridgehead atoms. The van der Waals surface area contributed by atoms with Gasteiger partial charge >= 0.3 is 0 Å². The number of unbranched alkanes of at least 4 members (excludes halogenated alkanes) is 1. The summed E-state index contributed by atoms with van der Waals surface area (Å²) in [6.07, 6.45) is 12.5. The first-order valence-corrected chi connectivity index (χ1v) is 7.91. The maximum atomic E-state index is 4.62. The number of nitrogens with zero attached hydrogens (tertiary/aromatic N) is 5. The van der Waals surface area contributed by atoms with Gasteiger partial charge in [0.1, 0.15) is 5.82 Å². The Morgan fingerprint density at radius 1 is 1.19 bits per heavy atom. The third-order valence-corrected chi connectivity index (χ3v) is 4.12. The lowest BCUT2D eigenvalue weighted by Crippen LogP contribution is -2.36. The summed E-state index contributed by atoms with van der Waals surface area (Å²) in [5, 5.41) is 0. The van der Waals surface area contributed by atoms with Crippen LogP contribution in [-0.2, 0) is 6.54 Å². The minimum atomic E-state index is 0.481. The van der Waals surface area contributed by atoms with Gasteiger partial charge in [-0.05, 0) is 25.3 Å². The number of rotatable bonds is 5. The molecule has 3 heterocycles. The zero-order chi connectivity index (χ0) is 14.5. The largest absolute Gasteiger partial charge is 0.340 e. The summed E-state index contributed by atoms with van der Waals surface area (Å²) in [6.45, 7) is 5.30. The highest BCUT2D eigenvalue weighted by molar-refractivity contribution is 5.30. The second kappa shape index (κ2) is 6.70. The number of hydrogen-bond donors (Lipinski definition) is 0. The molecule has 0 amide bonds. The fourth-order valence-corrected chi connectivity index (χ4v) is 3.02. The van der Waals surface area contributed by atoms with Gasteiger partial charge < -0.3 is 9.47 Å². The van der Waals surface area contributed by atoms with Crippen LogP contribution in [0, 0.1) is 0 Å². The van der Waals surface area contributed by atoms with Crippen molar-refractivity contribution in [3.63, 3.8) is 0 Å². The number of imidazole rings is 1. The Balaban J connectivity index is 1.73. The van der Waals surface area contributed by atoms with E-state index in [1.54, 1.807) is 0 Å². The lowest BCUT2D eigenvalue weighted by atomic mass is 9.97. The topological polar surface area (TPSA) is 46.8 Å². The molecule has 21 heavy (non-hydrogen) atoms. The average molecular weight is 285 g/mol. The van der Waals surface area contributed by atoms with Crippen molar-refractivity contribution in [2.24, 2.45) is 0 Å². The van der Waals surface area contributed by atoms with E-state index in [-0.39, 0.29) is 0 Å². The van der Waals surface area contributed by atoms with Crippen LogP contribution in [0.4, 0.5) is 5.95 Å². The van der Waals surface area contributed by atoms with E-state index in [2.05, 4.69) is 37.5 Å². The summed E-state index contributed by atoms with van der Waals surface area (Å²) in [5.41, 5.74) is 0. The molecule has 0 spiro atoms. The highest BCUT2D eigenvalue weighted by Crippen LogP contribution is 2.27. The molecule has 0 aliphatic carbocycles. The van der Waals surface area contributed by atoms with Gasteiger partial charge in [0.15, 0.2) is 0 Å². The third kappa shape index (κ3) is 3.23. The second-order valence-electron chi connectivity index (χ2n) is 5.67. The van der Waals surface area contributed by atoms with E-state index in [1.165, 1.54) is 31.5 Å². The van der Waals surface area contributed by atoms with Crippen LogP contribution in [0.5, 0.6) is 0 Å². The Hall–Kier alpha value is -1.91. The van der Waals surface area contributed by atoms with E-state index in [0.717, 1.165) is 25.6 Å². The van der Waals surface area contributed by atoms with E-state index in [0.29, 0.717) is 5.92 Å². The third-order valence-electron chi connectivity index (χ3n) is 4.12. The van der Waals surface area contributed by atoms with Crippen molar-refractivity contribution in [2.75, 3.05) is 18.0 Å². The quantitative estimate of drug-likeness (QED) is 0.847. The number of piperidine rings is 1. The molecule has 112 valence electrons. The van der Waals surface area contributed by atoms with Gasteiger partial charge in [0.05, 0.1) is 0 Å². The van der Waals surface area contributed by atoms with Crippen molar-refractivity contribution >= 4 is 5.95 Å². The number of aryl methyl sites for hydroxylation is 1. The van der Waals surface area contributed by atoms with Gasteiger partial charge in [-0.1, -0.05) is 13.3 Å². The number of aromatic nitrogens is 4. The fourth-order valence-electron chi connectivity index (χ4n) is 3.02. The maximum absolute atomic E-state index is 4.62. The molecule has 0 aromatic carbocycles. The van der Waals surface area contributed by atoms with Crippen LogP contribution in [0.15, 0.2) is 30.9 Å². The molecule has 0 saturated carbocycles. The van der Waals surface area contributed by atoms with E-state index in [9.17, 15) is 0 Å². The zero-order valence-electron chi connectivity index (χ0n) is 12.6. The predicted molar refractivity (Wildman–Crippen MR) is 83.4 cm³/mol. The van der Waals surface area contributed by atoms with Crippen LogP contribution in [-0.4, -0.2) is 32.6 Å². The molecule has 1 unspecified atom stereocenters. The maximum Gasteiger partial charge on any atom is 0.225 e. The van der Waals surface area contributed by atoms with Crippen molar-refractivity contribution in [2.45, 2.75) is 45.1 Å². The SMILES string of the molecule is CCCCn1ccnc1C1CCCN(c2ncccn2)C1. The van der Waals surface area contributed by atoms with Crippen LogP contribution < -0.4 is 4.90 Å². The summed E-state index contributed by atoms with van der Waals surface area (Å²) in [7, 11) is 0. The van der Waals surface area contributed by atoms with Gasteiger partial charge in [0, 0.05) is 50.3 Å². The van der Waals surface area contributed by atoms with Crippen LogP contribution in [0.1, 0.15) is 44.3 Å². The normalized spacial score (nSPS) is 18.9. The molecular weight excluding hydrogens is 262 g/mol. The molecule has 1 aliphatic heterocycles. The standard InChI is InChI=1S/C16H23N5/c1-2-3-10-20-12-9-17-15(20)14-6-4-11-21(13-14)16-18-7-5-8-19-16/h5,7-9,12,14H,2-4,6,10-11,13H2,1H3. The Morgan fingerprint density at radius 3 is 2.86 bits per heavy atom. The Morgan fingerprint density at radius 2 is 2.05 bits per heavy atom. The minimum Gasteiger partial charge on any atom is -0.340 e. The molecule has 2 aromatic rings. The van der Waals surface area contributed by atoms with Gasteiger partial charge in [-0.25, -0.2) is 15.0 Å². The Labute approximate surface area is 126 Å². The molecule has 1 fully saturated rings. The highest BCUT2D eigenvalue weighted by atomic mass is 15.3. The lowest BCUT2D eigenvalue weighted by Gasteiger charge is -2.32. The van der Waals surface area contributed by atoms with Gasteiger partial charge in [0.2, 0.25) is 5.95 Å². The monoisotopic (exact) mass is 285 g/mol. The van der Waals surface area contributed by atoms with E-state index < -0.39 is 0 Å². The van der Waals surface area contributed by atoms with Crippen molar-refractivity contribution in [1.82, 2.24) is 19.5 Å². The van der Waals surface area contributed by atoms with Gasteiger partial charge in [0.25, 0.3) is 0 Å². The predicted octanol–water partition coefficient (Wildman–Crippen LogP) is 2.86. The molecule has 1 saturated heterocycles. The van der Waals surface area contributed by atoms with Crippen LogP contribution in [0.3, 0.4) is 0 Å². The average Bonchev–Trinajstić information content (AvgIpc) is 3.02. The van der Waals surface area contributed by atoms with Crippen molar-refractivity contribution in [1.29, 1.82) is 0 Å². The van der Waals surface area contributed by atoms with E-state index in [1.807, 2.05) is 24.7 Å². The molecule has 1 aliphatic rings. The molecule has 5 heteroatoms. The first kappa shape index (κ1) is 14.0. The first-order chi connectivity index (χ1) is 10.4. The second-order valence-corrected chi connectivity index (χ2v) is 5.67.